The molecular weight excluding hydrogens is 1130 g/mol. The fourth-order valence-electron chi connectivity index (χ4n) is 13.5. The lowest BCUT2D eigenvalue weighted by Crippen LogP contribution is -2.22. The zero-order chi connectivity index (χ0) is 62.8. The number of rotatable bonds is 38. The lowest BCUT2D eigenvalue weighted by atomic mass is 9.77. The Hall–Kier alpha value is -5.02. The molecule has 0 bridgehead atoms. The van der Waals surface area contributed by atoms with E-state index in [1.807, 2.05) is 0 Å². The highest BCUT2D eigenvalue weighted by molar-refractivity contribution is 7.43. The van der Waals surface area contributed by atoms with E-state index < -0.39 is 22.6 Å². The van der Waals surface area contributed by atoms with Crippen LogP contribution in [0.3, 0.4) is 0 Å². The third-order valence-electron chi connectivity index (χ3n) is 18.6. The summed E-state index contributed by atoms with van der Waals surface area (Å²) >= 11 is 0. The Kier molecular flexibility index (Phi) is 28.9. The molecule has 0 saturated carbocycles. The van der Waals surface area contributed by atoms with Gasteiger partial charge in [-0.15, -0.1) is 0 Å². The van der Waals surface area contributed by atoms with Gasteiger partial charge in [0, 0.05) is 29.4 Å². The molecule has 2 heterocycles. The zero-order valence-corrected chi connectivity index (χ0v) is 58.9. The molecule has 0 amide bonds. The van der Waals surface area contributed by atoms with Crippen LogP contribution in [0.4, 0.5) is 0 Å². The van der Waals surface area contributed by atoms with Crippen molar-refractivity contribution in [2.75, 3.05) is 0 Å². The van der Waals surface area contributed by atoms with Gasteiger partial charge in [0.05, 0.1) is 0 Å². The van der Waals surface area contributed by atoms with Crippen LogP contribution in [0.25, 0.3) is 0 Å². The Balaban J connectivity index is 1.22. The van der Waals surface area contributed by atoms with E-state index in [0.29, 0.717) is 0 Å². The molecular formula is C81H114O6P2. The predicted octanol–water partition coefficient (Wildman–Crippen LogP) is 25.2. The maximum atomic E-state index is 7.44. The van der Waals surface area contributed by atoms with Crippen LogP contribution in [-0.4, -0.2) is 0 Å². The second kappa shape index (κ2) is 36.9. The van der Waals surface area contributed by atoms with E-state index in [0.717, 1.165) is 161 Å². The molecule has 2 aliphatic rings. The Morgan fingerprint density at radius 1 is 0.315 bits per heavy atom. The molecule has 0 atom stereocenters. The summed E-state index contributed by atoms with van der Waals surface area (Å²) < 4.78 is 44.6. The lowest BCUT2D eigenvalue weighted by Gasteiger charge is -2.32. The summed E-state index contributed by atoms with van der Waals surface area (Å²) in [6, 6.07) is 36.8. The minimum atomic E-state index is -1.99. The van der Waals surface area contributed by atoms with Crippen molar-refractivity contribution in [2.24, 2.45) is 0 Å². The van der Waals surface area contributed by atoms with Gasteiger partial charge in [-0.25, -0.2) is 0 Å². The number of aryl methyl sites for hydroxylation is 8. The normalized spacial score (nSPS) is 13.3. The summed E-state index contributed by atoms with van der Waals surface area (Å²) in [5, 5.41) is 0. The first-order valence-corrected chi connectivity index (χ1v) is 38.2. The SMILES string of the molecule is CCCCCc1cc(CCCCC)c2c(c1)Cc1cc(CCCCC)cc(CCCCC)c1OP(Oc1ccccc1C(C)(C)c1ccccc1OP1Oc3c(CCCCC)cc(CCCCC)cc3Cc3cc(CCCCC)cc(CCCCC)c3O1)O2. The monoisotopic (exact) mass is 1240 g/mol. The molecule has 0 fully saturated rings. The van der Waals surface area contributed by atoms with E-state index >= 15 is 0 Å². The first-order valence-electron chi connectivity index (χ1n) is 36.0. The van der Waals surface area contributed by atoms with Gasteiger partial charge < -0.3 is 27.1 Å². The molecule has 6 aromatic rings. The Bertz CT molecular complexity index is 2750. The van der Waals surface area contributed by atoms with Gasteiger partial charge in [0.25, 0.3) is 0 Å². The summed E-state index contributed by atoms with van der Waals surface area (Å²) in [5.41, 5.74) is 17.2. The molecule has 0 saturated heterocycles. The standard InChI is InChI=1S/C81H114O6P2/c1-11-19-27-39-61-51-65(43-31-23-15-5)77-69(55-61)59-70-56-62(40-28-20-12-2)52-66(44-32-24-16-6)78(70)85-88(84-77)82-75-49-37-35-47-73(75)81(9,10)74-48-36-38-50-76(74)83-89-86-79-67(45-33-25-17-7)53-63(41-29-21-13-3)57-71(79)60-72-58-64(42-30-22-14-4)54-68(80(72)87-89)46-34-26-18-8/h35-38,47-58H,11-34,39-46,59-60H2,1-10H3. The highest BCUT2D eigenvalue weighted by Gasteiger charge is 2.37. The van der Waals surface area contributed by atoms with Crippen molar-refractivity contribution in [3.8, 4) is 34.5 Å². The molecule has 0 aliphatic carbocycles. The van der Waals surface area contributed by atoms with Crippen LogP contribution in [0.1, 0.15) is 301 Å². The molecule has 0 spiro atoms. The van der Waals surface area contributed by atoms with Crippen molar-refractivity contribution in [1.82, 2.24) is 0 Å². The fraction of sp³-hybridized carbons (Fsp3) is 0.556. The molecule has 89 heavy (non-hydrogen) atoms. The van der Waals surface area contributed by atoms with Crippen LogP contribution in [0.5, 0.6) is 34.5 Å². The summed E-state index contributed by atoms with van der Waals surface area (Å²) in [7, 11) is -3.98. The van der Waals surface area contributed by atoms with Gasteiger partial charge in [-0.05, 0) is 182 Å². The fourth-order valence-corrected chi connectivity index (χ4v) is 15.8. The van der Waals surface area contributed by atoms with Gasteiger partial charge in [-0.2, -0.15) is 0 Å². The molecule has 6 aromatic carbocycles. The highest BCUT2D eigenvalue weighted by Crippen LogP contribution is 2.55. The van der Waals surface area contributed by atoms with Gasteiger partial charge in [0.15, 0.2) is 0 Å². The number of hydrogen-bond acceptors (Lipinski definition) is 6. The van der Waals surface area contributed by atoms with Crippen molar-refractivity contribution >= 4 is 17.2 Å². The second-order valence-corrected chi connectivity index (χ2v) is 28.6. The molecule has 2 aliphatic heterocycles. The molecule has 8 rings (SSSR count). The van der Waals surface area contributed by atoms with Crippen molar-refractivity contribution in [1.29, 1.82) is 0 Å². The van der Waals surface area contributed by atoms with E-state index in [4.69, 9.17) is 27.1 Å². The third kappa shape index (κ3) is 20.0. The van der Waals surface area contributed by atoms with Crippen molar-refractivity contribution in [2.45, 2.75) is 293 Å². The van der Waals surface area contributed by atoms with Crippen LogP contribution in [0.2, 0.25) is 0 Å². The minimum Gasteiger partial charge on any atom is -0.408 e. The summed E-state index contributed by atoms with van der Waals surface area (Å²) in [4.78, 5) is 0. The van der Waals surface area contributed by atoms with E-state index in [1.165, 1.54) is 169 Å². The lowest BCUT2D eigenvalue weighted by molar-refractivity contribution is 0.369. The largest absolute Gasteiger partial charge is 0.530 e. The van der Waals surface area contributed by atoms with Crippen LogP contribution in [-0.2, 0) is 69.6 Å². The van der Waals surface area contributed by atoms with Crippen molar-refractivity contribution < 1.29 is 27.1 Å². The number of fused-ring (bicyclic) bond motifs is 4. The number of hydrogen-bond donors (Lipinski definition) is 0. The van der Waals surface area contributed by atoms with Gasteiger partial charge in [0.2, 0.25) is 0 Å². The predicted molar refractivity (Wildman–Crippen MR) is 380 cm³/mol. The third-order valence-corrected chi connectivity index (χ3v) is 20.6. The zero-order valence-electron chi connectivity index (χ0n) is 57.1. The number of para-hydroxylation sites is 2. The highest BCUT2D eigenvalue weighted by atomic mass is 31.2. The van der Waals surface area contributed by atoms with Crippen LogP contribution in [0.15, 0.2) is 97.1 Å². The summed E-state index contributed by atoms with van der Waals surface area (Å²) in [6.07, 6.45) is 38.0. The van der Waals surface area contributed by atoms with E-state index in [9.17, 15) is 0 Å². The minimum absolute atomic E-state index is 0.635. The average molecular weight is 1250 g/mol. The Labute approximate surface area is 543 Å². The number of benzene rings is 6. The van der Waals surface area contributed by atoms with Gasteiger partial charge in [-0.3, -0.25) is 0 Å². The van der Waals surface area contributed by atoms with E-state index in [1.54, 1.807) is 0 Å². The van der Waals surface area contributed by atoms with Gasteiger partial charge >= 0.3 is 17.2 Å². The second-order valence-electron chi connectivity index (χ2n) is 26.6. The quantitative estimate of drug-likeness (QED) is 0.0284. The first-order chi connectivity index (χ1) is 43.5. The van der Waals surface area contributed by atoms with Crippen molar-refractivity contribution in [3.63, 3.8) is 0 Å². The maximum absolute atomic E-state index is 7.44. The molecule has 0 unspecified atom stereocenters. The molecule has 0 N–H and O–H groups in total. The molecule has 484 valence electrons. The maximum Gasteiger partial charge on any atom is 0.530 e. The van der Waals surface area contributed by atoms with E-state index in [-0.39, 0.29) is 0 Å². The molecule has 6 nitrogen and oxygen atoms in total. The Morgan fingerprint density at radius 2 is 0.551 bits per heavy atom. The van der Waals surface area contributed by atoms with Crippen LogP contribution < -0.4 is 27.1 Å². The molecule has 0 aromatic heterocycles. The first kappa shape index (κ1) is 69.9. The summed E-state index contributed by atoms with van der Waals surface area (Å²) in [6.45, 7) is 23.0. The number of unbranched alkanes of at least 4 members (excludes halogenated alkanes) is 16. The molecule has 0 radical (unpaired) electrons. The molecule has 8 heteroatoms. The van der Waals surface area contributed by atoms with Gasteiger partial charge in [0.1, 0.15) is 34.5 Å². The van der Waals surface area contributed by atoms with Gasteiger partial charge in [-0.1, -0.05) is 257 Å². The Morgan fingerprint density at radius 3 is 0.798 bits per heavy atom. The average Bonchev–Trinajstić information content (AvgIpc) is 1.02. The topological polar surface area (TPSA) is 55.4 Å². The van der Waals surface area contributed by atoms with Crippen LogP contribution >= 0.6 is 17.2 Å². The summed E-state index contributed by atoms with van der Waals surface area (Å²) in [5.74, 6) is 5.26. The van der Waals surface area contributed by atoms with Crippen molar-refractivity contribution in [3.05, 3.63) is 175 Å². The van der Waals surface area contributed by atoms with Crippen LogP contribution in [0, 0.1) is 0 Å². The smallest absolute Gasteiger partial charge is 0.408 e. The van der Waals surface area contributed by atoms with E-state index in [2.05, 4.69) is 166 Å².